The van der Waals surface area contributed by atoms with Crippen molar-refractivity contribution in [3.8, 4) is 0 Å². The molecule has 0 aromatic rings. The molecule has 0 radical (unpaired) electrons. The Bertz CT molecular complexity index is 159. The Balaban J connectivity index is 3.07. The van der Waals surface area contributed by atoms with Crippen molar-refractivity contribution in [3.05, 3.63) is 24.5 Å². The summed E-state index contributed by atoms with van der Waals surface area (Å²) in [6.07, 6.45) is 18.7. The van der Waals surface area contributed by atoms with Crippen molar-refractivity contribution in [2.24, 2.45) is 0 Å². The third-order valence-electron chi connectivity index (χ3n) is 2.37. The van der Waals surface area contributed by atoms with E-state index >= 15 is 0 Å². The summed E-state index contributed by atoms with van der Waals surface area (Å²) in [4.78, 5) is 0. The highest BCUT2D eigenvalue weighted by Gasteiger charge is 1.86. The first kappa shape index (κ1) is 14.3. The minimum atomic E-state index is 1.08. The van der Waals surface area contributed by atoms with Crippen LogP contribution in [0.2, 0.25) is 0 Å². The molecule has 0 atom stereocenters. The van der Waals surface area contributed by atoms with Crippen LogP contribution in [0.25, 0.3) is 0 Å². The molecule has 1 heteroatoms. The molecule has 0 spiro atoms. The molecule has 0 amide bonds. The van der Waals surface area contributed by atoms with Gasteiger partial charge in [-0.05, 0) is 31.8 Å². The molecule has 0 aliphatic rings. The Hall–Kier alpha value is -0.720. The zero-order valence-corrected chi connectivity index (χ0v) is 10.4. The van der Waals surface area contributed by atoms with Crippen LogP contribution in [0.1, 0.15) is 58.3 Å². The van der Waals surface area contributed by atoms with Gasteiger partial charge in [-0.1, -0.05) is 44.8 Å². The second-order valence-corrected chi connectivity index (χ2v) is 3.86. The van der Waals surface area contributed by atoms with E-state index in [1.807, 2.05) is 0 Å². The average Bonchev–Trinajstić information content (AvgIpc) is 2.26. The summed E-state index contributed by atoms with van der Waals surface area (Å²) in [5, 5.41) is 0. The highest BCUT2D eigenvalue weighted by molar-refractivity contribution is 4.85. The van der Waals surface area contributed by atoms with E-state index in [1.54, 1.807) is 13.4 Å². The highest BCUT2D eigenvalue weighted by Crippen LogP contribution is 2.05. The summed E-state index contributed by atoms with van der Waals surface area (Å²) >= 11 is 0. The molecule has 0 aliphatic carbocycles. The summed E-state index contributed by atoms with van der Waals surface area (Å²) in [6, 6.07) is 0. The van der Waals surface area contributed by atoms with Crippen molar-refractivity contribution in [2.75, 3.05) is 7.11 Å². The molecule has 0 bridgehead atoms. The van der Waals surface area contributed by atoms with Crippen molar-refractivity contribution in [1.82, 2.24) is 0 Å². The largest absolute Gasteiger partial charge is 0.505 e. The Morgan fingerprint density at radius 1 is 0.800 bits per heavy atom. The quantitative estimate of drug-likeness (QED) is 0.285. The van der Waals surface area contributed by atoms with Crippen LogP contribution < -0.4 is 0 Å². The van der Waals surface area contributed by atoms with E-state index in [9.17, 15) is 0 Å². The van der Waals surface area contributed by atoms with Crippen molar-refractivity contribution in [3.63, 3.8) is 0 Å². The minimum absolute atomic E-state index is 1.08. The minimum Gasteiger partial charge on any atom is -0.505 e. The predicted molar refractivity (Wildman–Crippen MR) is 67.9 cm³/mol. The zero-order valence-electron chi connectivity index (χ0n) is 10.4. The lowest BCUT2D eigenvalue weighted by Gasteiger charge is -1.95. The second-order valence-electron chi connectivity index (χ2n) is 3.86. The fraction of sp³-hybridized carbons (Fsp3) is 0.714. The molecule has 0 saturated heterocycles. The zero-order chi connectivity index (χ0) is 11.2. The van der Waals surface area contributed by atoms with E-state index in [1.165, 1.54) is 38.5 Å². The van der Waals surface area contributed by atoms with Crippen LogP contribution in [-0.4, -0.2) is 7.11 Å². The fourth-order valence-corrected chi connectivity index (χ4v) is 1.46. The van der Waals surface area contributed by atoms with Crippen molar-refractivity contribution in [1.29, 1.82) is 0 Å². The topological polar surface area (TPSA) is 9.23 Å². The van der Waals surface area contributed by atoms with Crippen molar-refractivity contribution >= 4 is 0 Å². The van der Waals surface area contributed by atoms with Crippen molar-refractivity contribution < 1.29 is 4.74 Å². The molecular formula is C14H26O. The van der Waals surface area contributed by atoms with Crippen LogP contribution in [0.15, 0.2) is 24.5 Å². The second kappa shape index (κ2) is 13.3. The monoisotopic (exact) mass is 210 g/mol. The molecule has 0 unspecified atom stereocenters. The van der Waals surface area contributed by atoms with Gasteiger partial charge in [0.05, 0.1) is 13.4 Å². The molecule has 0 aliphatic heterocycles. The fourth-order valence-electron chi connectivity index (χ4n) is 1.46. The Kier molecular flexibility index (Phi) is 12.6. The van der Waals surface area contributed by atoms with Crippen LogP contribution in [0, 0.1) is 0 Å². The third-order valence-corrected chi connectivity index (χ3v) is 2.37. The van der Waals surface area contributed by atoms with Gasteiger partial charge in [0, 0.05) is 0 Å². The van der Waals surface area contributed by atoms with Gasteiger partial charge in [0.2, 0.25) is 0 Å². The van der Waals surface area contributed by atoms with Crippen molar-refractivity contribution in [2.45, 2.75) is 58.3 Å². The summed E-state index contributed by atoms with van der Waals surface area (Å²) in [5.74, 6) is 0. The lowest BCUT2D eigenvalue weighted by Crippen LogP contribution is -1.76. The Morgan fingerprint density at radius 2 is 1.47 bits per heavy atom. The van der Waals surface area contributed by atoms with E-state index < -0.39 is 0 Å². The normalized spacial score (nSPS) is 11.6. The first-order valence-electron chi connectivity index (χ1n) is 6.24. The maximum absolute atomic E-state index is 4.82. The van der Waals surface area contributed by atoms with Crippen LogP contribution in [0.5, 0.6) is 0 Å². The summed E-state index contributed by atoms with van der Waals surface area (Å²) in [5.41, 5.74) is 0. The van der Waals surface area contributed by atoms with Gasteiger partial charge in [0.15, 0.2) is 0 Å². The lowest BCUT2D eigenvalue weighted by atomic mass is 10.1. The van der Waals surface area contributed by atoms with E-state index in [0.29, 0.717) is 0 Å². The van der Waals surface area contributed by atoms with Crippen LogP contribution in [0.3, 0.4) is 0 Å². The SMILES string of the molecule is CCCCCCCC=CCCC=COC. The van der Waals surface area contributed by atoms with Gasteiger partial charge in [-0.2, -0.15) is 0 Å². The van der Waals surface area contributed by atoms with Crippen LogP contribution in [-0.2, 0) is 4.74 Å². The first-order valence-corrected chi connectivity index (χ1v) is 6.24. The van der Waals surface area contributed by atoms with Crippen LogP contribution >= 0.6 is 0 Å². The Morgan fingerprint density at radius 3 is 2.20 bits per heavy atom. The first-order chi connectivity index (χ1) is 7.41. The van der Waals surface area contributed by atoms with Gasteiger partial charge < -0.3 is 4.74 Å². The van der Waals surface area contributed by atoms with Gasteiger partial charge in [-0.3, -0.25) is 0 Å². The molecule has 0 aromatic heterocycles. The molecule has 0 rings (SSSR count). The maximum Gasteiger partial charge on any atom is 0.0784 e. The van der Waals surface area contributed by atoms with E-state index in [-0.39, 0.29) is 0 Å². The average molecular weight is 210 g/mol. The molecule has 0 fully saturated rings. The molecule has 88 valence electrons. The molecule has 0 aromatic carbocycles. The van der Waals surface area contributed by atoms with Crippen LogP contribution in [0.4, 0.5) is 0 Å². The maximum atomic E-state index is 4.82. The molecular weight excluding hydrogens is 184 g/mol. The van der Waals surface area contributed by atoms with E-state index in [4.69, 9.17) is 4.74 Å². The number of hydrogen-bond acceptors (Lipinski definition) is 1. The third kappa shape index (κ3) is 13.3. The number of hydrogen-bond donors (Lipinski definition) is 0. The summed E-state index contributed by atoms with van der Waals surface area (Å²) in [7, 11) is 1.68. The molecule has 15 heavy (non-hydrogen) atoms. The molecule has 0 heterocycles. The van der Waals surface area contributed by atoms with Gasteiger partial charge in [0.1, 0.15) is 0 Å². The molecule has 1 nitrogen and oxygen atoms in total. The van der Waals surface area contributed by atoms with Gasteiger partial charge in [-0.25, -0.2) is 0 Å². The number of ether oxygens (including phenoxy) is 1. The van der Waals surface area contributed by atoms with Gasteiger partial charge >= 0.3 is 0 Å². The predicted octanol–water partition coefficient (Wildman–Crippen LogP) is 4.84. The standard InChI is InChI=1S/C14H26O/c1-3-4-5-6-7-8-9-10-11-12-13-14-15-2/h9-10,13-14H,3-8,11-12H2,1-2H3. The van der Waals surface area contributed by atoms with E-state index in [2.05, 4.69) is 25.2 Å². The van der Waals surface area contributed by atoms with E-state index in [0.717, 1.165) is 12.8 Å². The number of unbranched alkanes of at least 4 members (excludes halogenated alkanes) is 6. The number of methoxy groups -OCH3 is 1. The molecule has 0 saturated carbocycles. The Labute approximate surface area is 95.2 Å². The lowest BCUT2D eigenvalue weighted by molar-refractivity contribution is 0.336. The highest BCUT2D eigenvalue weighted by atomic mass is 16.5. The smallest absolute Gasteiger partial charge is 0.0784 e. The number of rotatable bonds is 10. The summed E-state index contributed by atoms with van der Waals surface area (Å²) in [6.45, 7) is 2.26. The molecule has 0 N–H and O–H groups in total. The van der Waals surface area contributed by atoms with Gasteiger partial charge in [0.25, 0.3) is 0 Å². The summed E-state index contributed by atoms with van der Waals surface area (Å²) < 4.78 is 4.82. The number of allylic oxidation sites excluding steroid dienone is 3. The van der Waals surface area contributed by atoms with Gasteiger partial charge in [-0.15, -0.1) is 0 Å².